The number of fused-ring (bicyclic) bond motifs is 1. The first-order chi connectivity index (χ1) is 8.76. The second kappa shape index (κ2) is 6.35. The molecule has 2 aromatic carbocycles. The van der Waals surface area contributed by atoms with Crippen molar-refractivity contribution in [1.82, 2.24) is 0 Å². The van der Waals surface area contributed by atoms with Gasteiger partial charge in [0.2, 0.25) is 0 Å². The molecule has 1 nitrogen and oxygen atoms in total. The Morgan fingerprint density at radius 1 is 1.17 bits per heavy atom. The molecule has 0 saturated heterocycles. The predicted molar refractivity (Wildman–Crippen MR) is 82.1 cm³/mol. The molecule has 1 unspecified atom stereocenters. The summed E-state index contributed by atoms with van der Waals surface area (Å²) in [5, 5.41) is 2.87. The molecule has 0 fully saturated rings. The minimum absolute atomic E-state index is 0.489. The van der Waals surface area contributed by atoms with Crippen molar-refractivity contribution in [1.29, 1.82) is 0 Å². The van der Waals surface area contributed by atoms with Crippen LogP contribution in [0.5, 0.6) is 5.75 Å². The predicted octanol–water partition coefficient (Wildman–Crippen LogP) is 4.83. The summed E-state index contributed by atoms with van der Waals surface area (Å²) in [4.78, 5) is 0. The van der Waals surface area contributed by atoms with Gasteiger partial charge in [0.15, 0.2) is 0 Å². The highest BCUT2D eigenvalue weighted by atomic mass is 35.5. The highest BCUT2D eigenvalue weighted by Crippen LogP contribution is 2.31. The first kappa shape index (κ1) is 13.6. The van der Waals surface area contributed by atoms with Gasteiger partial charge >= 0.3 is 0 Å². The highest BCUT2D eigenvalue weighted by Gasteiger charge is 2.08. The zero-order valence-corrected chi connectivity index (χ0v) is 12.0. The van der Waals surface area contributed by atoms with Crippen LogP contribution >= 0.6 is 24.2 Å². The molecular formula is C15H17ClOS. The first-order valence-corrected chi connectivity index (χ1v) is 7.18. The van der Waals surface area contributed by atoms with Crippen LogP contribution in [0.4, 0.5) is 0 Å². The maximum Gasteiger partial charge on any atom is 0.127 e. The Labute approximate surface area is 119 Å². The topological polar surface area (TPSA) is 9.23 Å². The maximum absolute atomic E-state index is 6.18. The van der Waals surface area contributed by atoms with E-state index >= 15 is 0 Å². The van der Waals surface area contributed by atoms with Crippen LogP contribution in [0.2, 0.25) is 5.02 Å². The van der Waals surface area contributed by atoms with Crippen LogP contribution < -0.4 is 4.74 Å². The van der Waals surface area contributed by atoms with E-state index in [-0.39, 0.29) is 0 Å². The smallest absolute Gasteiger partial charge is 0.127 e. The molecule has 3 heteroatoms. The minimum Gasteiger partial charge on any atom is -0.493 e. The third kappa shape index (κ3) is 2.93. The molecule has 96 valence electrons. The molecule has 2 aromatic rings. The van der Waals surface area contributed by atoms with E-state index in [0.717, 1.165) is 33.7 Å². The quantitative estimate of drug-likeness (QED) is 0.772. The SMILES string of the molecule is CCC(CS)COc1ccc(Cl)c2ccccc12. The lowest BCUT2D eigenvalue weighted by atomic mass is 10.1. The number of halogens is 1. The van der Waals surface area contributed by atoms with Crippen molar-refractivity contribution < 1.29 is 4.74 Å². The molecule has 2 rings (SSSR count). The number of benzene rings is 2. The highest BCUT2D eigenvalue weighted by molar-refractivity contribution is 7.80. The standard InChI is InChI=1S/C15H17ClOS/c1-2-11(10-18)9-17-15-8-7-14(16)12-5-3-4-6-13(12)15/h3-8,11,18H,2,9-10H2,1H3. The largest absolute Gasteiger partial charge is 0.493 e. The normalized spacial score (nSPS) is 12.6. The van der Waals surface area contributed by atoms with Gasteiger partial charge in [0, 0.05) is 21.7 Å². The molecule has 0 bridgehead atoms. The van der Waals surface area contributed by atoms with Crippen LogP contribution in [0, 0.1) is 5.92 Å². The molecule has 0 aliphatic heterocycles. The Morgan fingerprint density at radius 2 is 1.89 bits per heavy atom. The summed E-state index contributed by atoms with van der Waals surface area (Å²) in [7, 11) is 0. The fraction of sp³-hybridized carbons (Fsp3) is 0.333. The number of ether oxygens (including phenoxy) is 1. The summed E-state index contributed by atoms with van der Waals surface area (Å²) in [6.45, 7) is 2.86. The Bertz CT molecular complexity index is 523. The van der Waals surface area contributed by atoms with E-state index in [4.69, 9.17) is 16.3 Å². The van der Waals surface area contributed by atoms with Crippen molar-refractivity contribution >= 4 is 35.0 Å². The first-order valence-electron chi connectivity index (χ1n) is 6.17. The molecule has 18 heavy (non-hydrogen) atoms. The van der Waals surface area contributed by atoms with E-state index in [0.29, 0.717) is 12.5 Å². The monoisotopic (exact) mass is 280 g/mol. The molecule has 0 aliphatic rings. The minimum atomic E-state index is 0.489. The average Bonchev–Trinajstić information content (AvgIpc) is 2.42. The van der Waals surface area contributed by atoms with Crippen LogP contribution in [0.25, 0.3) is 10.8 Å². The summed E-state index contributed by atoms with van der Waals surface area (Å²) in [6.07, 6.45) is 1.08. The van der Waals surface area contributed by atoms with E-state index in [9.17, 15) is 0 Å². The molecule has 0 heterocycles. The van der Waals surface area contributed by atoms with Gasteiger partial charge in [-0.15, -0.1) is 0 Å². The van der Waals surface area contributed by atoms with Gasteiger partial charge in [0.1, 0.15) is 5.75 Å². The molecular weight excluding hydrogens is 264 g/mol. The van der Waals surface area contributed by atoms with Crippen LogP contribution in [0.15, 0.2) is 36.4 Å². The molecule has 0 aromatic heterocycles. The van der Waals surface area contributed by atoms with Crippen molar-refractivity contribution in [2.24, 2.45) is 5.92 Å². The fourth-order valence-corrected chi connectivity index (χ4v) is 2.46. The van der Waals surface area contributed by atoms with Crippen molar-refractivity contribution in [2.45, 2.75) is 13.3 Å². The molecule has 0 spiro atoms. The number of thiol groups is 1. The molecule has 0 amide bonds. The van der Waals surface area contributed by atoms with Crippen LogP contribution in [-0.4, -0.2) is 12.4 Å². The summed E-state index contributed by atoms with van der Waals surface area (Å²) >= 11 is 10.5. The third-order valence-corrected chi connectivity index (χ3v) is 3.99. The number of hydrogen-bond donors (Lipinski definition) is 1. The summed E-state index contributed by atoms with van der Waals surface area (Å²) < 4.78 is 5.91. The van der Waals surface area contributed by atoms with Gasteiger partial charge in [-0.1, -0.05) is 42.8 Å². The van der Waals surface area contributed by atoms with E-state index in [2.05, 4.69) is 19.6 Å². The van der Waals surface area contributed by atoms with Gasteiger partial charge in [0.25, 0.3) is 0 Å². The van der Waals surface area contributed by atoms with E-state index in [1.807, 2.05) is 36.4 Å². The lowest BCUT2D eigenvalue weighted by Crippen LogP contribution is -2.12. The molecule has 1 atom stereocenters. The van der Waals surface area contributed by atoms with Gasteiger partial charge in [-0.25, -0.2) is 0 Å². The van der Waals surface area contributed by atoms with Crippen LogP contribution in [0.3, 0.4) is 0 Å². The molecule has 0 aliphatic carbocycles. The number of rotatable bonds is 5. The van der Waals surface area contributed by atoms with Gasteiger partial charge in [-0.05, 0) is 24.3 Å². The Balaban J connectivity index is 2.26. The Hall–Kier alpha value is -0.860. The zero-order valence-electron chi connectivity index (χ0n) is 10.4. The Kier molecular flexibility index (Phi) is 4.79. The summed E-state index contributed by atoms with van der Waals surface area (Å²) in [5.74, 6) is 2.24. The van der Waals surface area contributed by atoms with Gasteiger partial charge in [-0.2, -0.15) is 12.6 Å². The third-order valence-electron chi connectivity index (χ3n) is 3.14. The zero-order chi connectivity index (χ0) is 13.0. The second-order valence-corrected chi connectivity index (χ2v) is 5.13. The van der Waals surface area contributed by atoms with E-state index < -0.39 is 0 Å². The van der Waals surface area contributed by atoms with Crippen LogP contribution in [0.1, 0.15) is 13.3 Å². The second-order valence-electron chi connectivity index (χ2n) is 4.36. The molecule has 0 radical (unpaired) electrons. The van der Waals surface area contributed by atoms with E-state index in [1.54, 1.807) is 0 Å². The lowest BCUT2D eigenvalue weighted by molar-refractivity contribution is 0.262. The van der Waals surface area contributed by atoms with Gasteiger partial charge in [-0.3, -0.25) is 0 Å². The summed E-state index contributed by atoms with van der Waals surface area (Å²) in [5.41, 5.74) is 0. The fourth-order valence-electron chi connectivity index (χ4n) is 1.87. The number of hydrogen-bond acceptors (Lipinski definition) is 2. The van der Waals surface area contributed by atoms with E-state index in [1.165, 1.54) is 0 Å². The van der Waals surface area contributed by atoms with Crippen molar-refractivity contribution in [3.8, 4) is 5.75 Å². The maximum atomic E-state index is 6.18. The van der Waals surface area contributed by atoms with Crippen molar-refractivity contribution in [3.63, 3.8) is 0 Å². The van der Waals surface area contributed by atoms with Crippen molar-refractivity contribution in [2.75, 3.05) is 12.4 Å². The summed E-state index contributed by atoms with van der Waals surface area (Å²) in [6, 6.07) is 11.9. The van der Waals surface area contributed by atoms with Gasteiger partial charge in [0.05, 0.1) is 6.61 Å². The van der Waals surface area contributed by atoms with Gasteiger partial charge < -0.3 is 4.74 Å². The Morgan fingerprint density at radius 3 is 2.56 bits per heavy atom. The van der Waals surface area contributed by atoms with Crippen LogP contribution in [-0.2, 0) is 0 Å². The average molecular weight is 281 g/mol. The van der Waals surface area contributed by atoms with Crippen molar-refractivity contribution in [3.05, 3.63) is 41.4 Å². The lowest BCUT2D eigenvalue weighted by Gasteiger charge is -2.15. The molecule has 0 saturated carbocycles. The molecule has 0 N–H and O–H groups in total.